The molecule has 0 aromatic rings. The maximum Gasteiger partial charge on any atom is 0.198 e. The van der Waals surface area contributed by atoms with Gasteiger partial charge in [-0.1, -0.05) is 6.92 Å². The van der Waals surface area contributed by atoms with Crippen molar-refractivity contribution in [2.24, 2.45) is 31.8 Å². The minimum Gasteiger partial charge on any atom is -0.232 e. The lowest BCUT2D eigenvalue weighted by atomic mass is 10.2. The summed E-state index contributed by atoms with van der Waals surface area (Å²) in [6.45, 7) is 4.16. The van der Waals surface area contributed by atoms with Crippen LogP contribution >= 0.6 is 0 Å². The molecule has 1 unspecified atom stereocenters. The average Bonchev–Trinajstić information content (AvgIpc) is 2.71. The first-order valence-corrected chi connectivity index (χ1v) is 5.20. The number of rotatable bonds is 1. The molecule has 3 aliphatic rings. The fourth-order valence-corrected chi connectivity index (χ4v) is 1.81. The van der Waals surface area contributed by atoms with Gasteiger partial charge in [-0.15, -0.1) is 0 Å². The summed E-state index contributed by atoms with van der Waals surface area (Å²) in [5.74, 6) is 2.68. The quantitative estimate of drug-likeness (QED) is 0.620. The van der Waals surface area contributed by atoms with Crippen LogP contribution in [-0.2, 0) is 0 Å². The SMILES string of the molecule is CC1=N/C(=C2\N=CC([C@H]3CC3C)=N2)N=C1. The van der Waals surface area contributed by atoms with Crippen molar-refractivity contribution in [1.29, 1.82) is 0 Å². The molecular weight excluding hydrogens is 188 g/mol. The minimum absolute atomic E-state index is 0.613. The third-order valence-electron chi connectivity index (χ3n) is 2.90. The van der Waals surface area contributed by atoms with Crippen LogP contribution in [0.5, 0.6) is 0 Å². The third-order valence-corrected chi connectivity index (χ3v) is 2.90. The first-order valence-electron chi connectivity index (χ1n) is 5.20. The maximum absolute atomic E-state index is 4.47. The summed E-state index contributed by atoms with van der Waals surface area (Å²) in [7, 11) is 0. The largest absolute Gasteiger partial charge is 0.232 e. The lowest BCUT2D eigenvalue weighted by Crippen LogP contribution is -1.99. The first kappa shape index (κ1) is 8.71. The lowest BCUT2D eigenvalue weighted by Gasteiger charge is -1.91. The zero-order valence-corrected chi connectivity index (χ0v) is 8.81. The standard InChI is InChI=1S/C11H12N4/c1-6-3-8(6)9-5-13-11(15-9)10-12-4-7(2)14-10/h4-6,8H,3H2,1-2H3/b11-10+/t6?,8-/m0/s1. The van der Waals surface area contributed by atoms with Gasteiger partial charge in [0.1, 0.15) is 0 Å². The Bertz CT molecular complexity index is 465. The van der Waals surface area contributed by atoms with Gasteiger partial charge >= 0.3 is 0 Å². The van der Waals surface area contributed by atoms with Gasteiger partial charge in [0.25, 0.3) is 0 Å². The van der Waals surface area contributed by atoms with Crippen molar-refractivity contribution < 1.29 is 0 Å². The van der Waals surface area contributed by atoms with Gasteiger partial charge in [-0.2, -0.15) is 0 Å². The lowest BCUT2D eigenvalue weighted by molar-refractivity contribution is 0.929. The molecule has 0 amide bonds. The smallest absolute Gasteiger partial charge is 0.198 e. The van der Waals surface area contributed by atoms with E-state index in [1.54, 1.807) is 6.21 Å². The second-order valence-corrected chi connectivity index (χ2v) is 4.27. The van der Waals surface area contributed by atoms with Crippen molar-refractivity contribution in [1.82, 2.24) is 0 Å². The predicted octanol–water partition coefficient (Wildman–Crippen LogP) is 1.84. The molecule has 0 bridgehead atoms. The van der Waals surface area contributed by atoms with Crippen LogP contribution in [0, 0.1) is 11.8 Å². The van der Waals surface area contributed by atoms with Crippen molar-refractivity contribution >= 4 is 23.9 Å². The number of aliphatic imine (C=N–C) groups is 4. The minimum atomic E-state index is 0.613. The van der Waals surface area contributed by atoms with E-state index in [1.807, 2.05) is 13.1 Å². The molecule has 2 heterocycles. The van der Waals surface area contributed by atoms with E-state index in [2.05, 4.69) is 26.9 Å². The van der Waals surface area contributed by atoms with Crippen LogP contribution < -0.4 is 0 Å². The summed E-state index contributed by atoms with van der Waals surface area (Å²) >= 11 is 0. The van der Waals surface area contributed by atoms with Gasteiger partial charge in [-0.25, -0.2) is 20.0 Å². The monoisotopic (exact) mass is 200 g/mol. The molecule has 1 fully saturated rings. The molecule has 0 aromatic carbocycles. The normalized spacial score (nSPS) is 37.2. The molecule has 2 aliphatic heterocycles. The highest BCUT2D eigenvalue weighted by Crippen LogP contribution is 2.40. The highest BCUT2D eigenvalue weighted by molar-refractivity contribution is 6.34. The summed E-state index contributed by atoms with van der Waals surface area (Å²) in [5.41, 5.74) is 2.01. The number of hydrogen-bond acceptors (Lipinski definition) is 4. The van der Waals surface area contributed by atoms with Gasteiger partial charge in [-0.05, 0) is 19.3 Å². The van der Waals surface area contributed by atoms with Gasteiger partial charge in [-0.3, -0.25) is 0 Å². The van der Waals surface area contributed by atoms with Crippen LogP contribution in [0.1, 0.15) is 20.3 Å². The van der Waals surface area contributed by atoms with Crippen molar-refractivity contribution in [3.05, 3.63) is 11.6 Å². The van der Waals surface area contributed by atoms with E-state index < -0.39 is 0 Å². The fourth-order valence-electron chi connectivity index (χ4n) is 1.81. The Hall–Kier alpha value is -1.58. The summed E-state index contributed by atoms with van der Waals surface area (Å²) in [4.78, 5) is 17.1. The van der Waals surface area contributed by atoms with Gasteiger partial charge in [0.2, 0.25) is 0 Å². The van der Waals surface area contributed by atoms with Crippen molar-refractivity contribution in [2.45, 2.75) is 20.3 Å². The van der Waals surface area contributed by atoms with Gasteiger partial charge in [0, 0.05) is 5.92 Å². The molecule has 0 aromatic heterocycles. The van der Waals surface area contributed by atoms with Crippen LogP contribution in [0.3, 0.4) is 0 Å². The highest BCUT2D eigenvalue weighted by atomic mass is 15.1. The Labute approximate surface area is 88.3 Å². The van der Waals surface area contributed by atoms with Crippen LogP contribution in [0.4, 0.5) is 0 Å². The highest BCUT2D eigenvalue weighted by Gasteiger charge is 2.37. The zero-order valence-electron chi connectivity index (χ0n) is 8.81. The molecule has 1 aliphatic carbocycles. The molecule has 4 nitrogen and oxygen atoms in total. The van der Waals surface area contributed by atoms with Crippen LogP contribution in [-0.4, -0.2) is 23.9 Å². The molecule has 0 radical (unpaired) electrons. The summed E-state index contributed by atoms with van der Waals surface area (Å²) in [6, 6.07) is 0. The van der Waals surface area contributed by atoms with E-state index in [0.717, 1.165) is 17.3 Å². The van der Waals surface area contributed by atoms with E-state index in [4.69, 9.17) is 0 Å². The van der Waals surface area contributed by atoms with Crippen molar-refractivity contribution in [3.63, 3.8) is 0 Å². The van der Waals surface area contributed by atoms with Crippen LogP contribution in [0.15, 0.2) is 31.6 Å². The Morgan fingerprint density at radius 2 is 1.80 bits per heavy atom. The Morgan fingerprint density at radius 3 is 2.40 bits per heavy atom. The molecule has 4 heteroatoms. The molecule has 2 atom stereocenters. The third kappa shape index (κ3) is 1.46. The van der Waals surface area contributed by atoms with Crippen LogP contribution in [0.2, 0.25) is 0 Å². The topological polar surface area (TPSA) is 49.4 Å². The van der Waals surface area contributed by atoms with E-state index in [0.29, 0.717) is 17.6 Å². The van der Waals surface area contributed by atoms with Crippen molar-refractivity contribution in [3.8, 4) is 0 Å². The van der Waals surface area contributed by atoms with Crippen molar-refractivity contribution in [2.75, 3.05) is 0 Å². The van der Waals surface area contributed by atoms with Gasteiger partial charge < -0.3 is 0 Å². The molecule has 76 valence electrons. The van der Waals surface area contributed by atoms with E-state index in [-0.39, 0.29) is 0 Å². The molecule has 1 saturated carbocycles. The van der Waals surface area contributed by atoms with E-state index >= 15 is 0 Å². The summed E-state index contributed by atoms with van der Waals surface area (Å²) < 4.78 is 0. The first-order chi connectivity index (χ1) is 7.24. The van der Waals surface area contributed by atoms with E-state index in [9.17, 15) is 0 Å². The summed E-state index contributed by atoms with van der Waals surface area (Å²) in [5, 5.41) is 0. The molecular formula is C11H12N4. The number of hydrogen-bond donors (Lipinski definition) is 0. The number of nitrogens with zero attached hydrogens (tertiary/aromatic N) is 4. The van der Waals surface area contributed by atoms with Gasteiger partial charge in [0.15, 0.2) is 11.6 Å². The second kappa shape index (κ2) is 2.95. The maximum atomic E-state index is 4.47. The molecule has 0 saturated heterocycles. The average molecular weight is 200 g/mol. The molecule has 0 N–H and O–H groups in total. The Kier molecular flexibility index (Phi) is 1.71. The molecule has 0 spiro atoms. The Balaban J connectivity index is 1.90. The predicted molar refractivity (Wildman–Crippen MR) is 61.8 cm³/mol. The van der Waals surface area contributed by atoms with Gasteiger partial charge in [0.05, 0.1) is 23.9 Å². The molecule has 15 heavy (non-hydrogen) atoms. The Morgan fingerprint density at radius 1 is 1.13 bits per heavy atom. The van der Waals surface area contributed by atoms with Crippen LogP contribution in [0.25, 0.3) is 0 Å². The second-order valence-electron chi connectivity index (χ2n) is 4.27. The zero-order chi connectivity index (χ0) is 10.4. The molecule has 3 rings (SSSR count). The summed E-state index contributed by atoms with van der Waals surface area (Å²) in [6.07, 6.45) is 4.83. The van der Waals surface area contributed by atoms with E-state index in [1.165, 1.54) is 6.42 Å². The fraction of sp³-hybridized carbons (Fsp3) is 0.455.